The lowest BCUT2D eigenvalue weighted by atomic mass is 9.57. The number of amides is 2. The number of hydrogen-bond donors (Lipinski definition) is 2. The molecular formula is C30H26ClN3O4. The van der Waals surface area contributed by atoms with E-state index in [0.29, 0.717) is 58.4 Å². The molecule has 0 aliphatic carbocycles. The Balaban J connectivity index is 1.58. The first-order valence-electron chi connectivity index (χ1n) is 13.0. The summed E-state index contributed by atoms with van der Waals surface area (Å²) in [6.45, 7) is 2.85. The quantitative estimate of drug-likeness (QED) is 0.478. The standard InChI is InChI=1S/C30H26ClN3O4/c1-2-38-23-15-6-3-9-17(23)26(35)24-22-14-8-16-34(22)30(19-11-7-12-20(31)25(19)33-28(30)37)29(24)18-10-4-5-13-21(18)32-27(29)36/h3-7,9-13,15,22,24H,2,8,14,16H2,1H3,(H,32,36)(H,33,37)/t22-,24-,29+,30-/m0/s1. The van der Waals surface area contributed by atoms with Crippen LogP contribution in [0.15, 0.2) is 66.7 Å². The van der Waals surface area contributed by atoms with Crippen molar-refractivity contribution < 1.29 is 19.1 Å². The van der Waals surface area contributed by atoms with Gasteiger partial charge in [0.1, 0.15) is 16.7 Å². The van der Waals surface area contributed by atoms with Crippen molar-refractivity contribution in [3.63, 3.8) is 0 Å². The van der Waals surface area contributed by atoms with Crippen LogP contribution < -0.4 is 15.4 Å². The number of ether oxygens (including phenoxy) is 1. The number of hydrogen-bond acceptors (Lipinski definition) is 5. The van der Waals surface area contributed by atoms with Crippen LogP contribution in [0.3, 0.4) is 0 Å². The van der Waals surface area contributed by atoms with Gasteiger partial charge in [-0.25, -0.2) is 0 Å². The molecule has 4 aliphatic heterocycles. The maximum atomic E-state index is 14.8. The number of benzene rings is 3. The molecule has 0 aromatic heterocycles. The Morgan fingerprint density at radius 2 is 1.76 bits per heavy atom. The zero-order chi connectivity index (χ0) is 26.2. The number of carbonyl (C=O) groups excluding carboxylic acids is 3. The zero-order valence-electron chi connectivity index (χ0n) is 20.8. The Morgan fingerprint density at radius 3 is 2.61 bits per heavy atom. The topological polar surface area (TPSA) is 87.7 Å². The Labute approximate surface area is 225 Å². The minimum Gasteiger partial charge on any atom is -0.493 e. The van der Waals surface area contributed by atoms with Crippen LogP contribution in [0.1, 0.15) is 41.3 Å². The van der Waals surface area contributed by atoms with Gasteiger partial charge in [0, 0.05) is 17.3 Å². The Hall–Kier alpha value is -3.68. The molecule has 7 rings (SSSR count). The fourth-order valence-electron chi connectivity index (χ4n) is 7.69. The fourth-order valence-corrected chi connectivity index (χ4v) is 7.91. The summed E-state index contributed by atoms with van der Waals surface area (Å²) in [5, 5.41) is 6.47. The number of carbonyl (C=O) groups is 3. The van der Waals surface area contributed by atoms with Gasteiger partial charge in [0.25, 0.3) is 5.91 Å². The summed E-state index contributed by atoms with van der Waals surface area (Å²) in [5.41, 5.74) is -0.0976. The van der Waals surface area contributed by atoms with Crippen LogP contribution in [-0.4, -0.2) is 41.7 Å². The first-order chi connectivity index (χ1) is 18.5. The number of rotatable bonds is 4. The molecule has 38 heavy (non-hydrogen) atoms. The summed E-state index contributed by atoms with van der Waals surface area (Å²) < 4.78 is 5.85. The number of Topliss-reactive ketones (excluding diaryl/α,β-unsaturated/α-hetero) is 1. The summed E-state index contributed by atoms with van der Waals surface area (Å²) in [6.07, 6.45) is 1.50. The van der Waals surface area contributed by atoms with Gasteiger partial charge in [0.05, 0.1) is 28.8 Å². The number of ketones is 1. The molecule has 2 amide bonds. The number of anilines is 2. The molecule has 4 heterocycles. The largest absolute Gasteiger partial charge is 0.493 e. The molecule has 3 aromatic carbocycles. The van der Waals surface area contributed by atoms with Gasteiger partial charge in [-0.15, -0.1) is 0 Å². The molecule has 2 N–H and O–H groups in total. The van der Waals surface area contributed by atoms with E-state index in [4.69, 9.17) is 16.3 Å². The van der Waals surface area contributed by atoms with E-state index in [0.717, 1.165) is 6.42 Å². The van der Waals surface area contributed by atoms with Crippen molar-refractivity contribution in [3.05, 3.63) is 88.4 Å². The highest BCUT2D eigenvalue weighted by atomic mass is 35.5. The average molecular weight is 528 g/mol. The lowest BCUT2D eigenvalue weighted by Gasteiger charge is -2.43. The summed E-state index contributed by atoms with van der Waals surface area (Å²) in [5.74, 6) is -1.22. The van der Waals surface area contributed by atoms with Crippen LogP contribution in [-0.2, 0) is 20.5 Å². The van der Waals surface area contributed by atoms with E-state index in [1.54, 1.807) is 30.3 Å². The number of nitrogens with one attached hydrogen (secondary N) is 2. The average Bonchev–Trinajstić information content (AvgIpc) is 3.64. The van der Waals surface area contributed by atoms with E-state index in [9.17, 15) is 14.4 Å². The predicted molar refractivity (Wildman–Crippen MR) is 144 cm³/mol. The van der Waals surface area contributed by atoms with Gasteiger partial charge in [0.15, 0.2) is 5.78 Å². The fraction of sp³-hybridized carbons (Fsp3) is 0.300. The second-order valence-corrected chi connectivity index (χ2v) is 10.7. The molecule has 8 heteroatoms. The van der Waals surface area contributed by atoms with Gasteiger partial charge in [-0.05, 0) is 56.1 Å². The van der Waals surface area contributed by atoms with Crippen molar-refractivity contribution in [2.24, 2.45) is 5.92 Å². The van der Waals surface area contributed by atoms with Crippen LogP contribution in [0, 0.1) is 5.92 Å². The van der Waals surface area contributed by atoms with Gasteiger partial charge in [-0.2, -0.15) is 0 Å². The Kier molecular flexibility index (Phi) is 5.03. The summed E-state index contributed by atoms with van der Waals surface area (Å²) in [6, 6.07) is 19.7. The first kappa shape index (κ1) is 23.4. The highest BCUT2D eigenvalue weighted by Gasteiger charge is 2.81. The molecule has 0 unspecified atom stereocenters. The molecule has 0 saturated carbocycles. The second kappa shape index (κ2) is 8.16. The smallest absolute Gasteiger partial charge is 0.251 e. The molecule has 0 radical (unpaired) electrons. The van der Waals surface area contributed by atoms with E-state index < -0.39 is 16.9 Å². The van der Waals surface area contributed by atoms with Gasteiger partial charge in [-0.1, -0.05) is 54.1 Å². The third-order valence-electron chi connectivity index (χ3n) is 8.82. The van der Waals surface area contributed by atoms with E-state index in [1.807, 2.05) is 43.3 Å². The van der Waals surface area contributed by atoms with Crippen LogP contribution in [0.4, 0.5) is 11.4 Å². The molecule has 4 aliphatic rings. The molecule has 4 atom stereocenters. The van der Waals surface area contributed by atoms with E-state index >= 15 is 0 Å². The van der Waals surface area contributed by atoms with Crippen molar-refractivity contribution >= 4 is 40.6 Å². The lowest BCUT2D eigenvalue weighted by molar-refractivity contribution is -0.137. The SMILES string of the molecule is CCOc1ccccc1C(=O)[C@@H]1[C@@H]2CCCN2[C@@]2(C(=O)Nc3c(Cl)cccc32)[C@@]12C(=O)Nc1ccccc12. The van der Waals surface area contributed by atoms with Gasteiger partial charge in [-0.3, -0.25) is 19.3 Å². The minimum atomic E-state index is -1.51. The van der Waals surface area contributed by atoms with Crippen LogP contribution in [0.25, 0.3) is 0 Å². The number of fused-ring (bicyclic) bond motifs is 7. The minimum absolute atomic E-state index is 0.196. The Bertz CT molecular complexity index is 1540. The normalized spacial score (nSPS) is 28.8. The molecule has 192 valence electrons. The third kappa shape index (κ3) is 2.60. The van der Waals surface area contributed by atoms with Crippen molar-refractivity contribution in [2.75, 3.05) is 23.8 Å². The monoisotopic (exact) mass is 527 g/mol. The maximum absolute atomic E-state index is 14.8. The summed E-state index contributed by atoms with van der Waals surface area (Å²) in [4.78, 5) is 45.8. The van der Waals surface area contributed by atoms with E-state index in [2.05, 4.69) is 15.5 Å². The molecule has 2 saturated heterocycles. The Morgan fingerprint density at radius 1 is 1.00 bits per heavy atom. The molecule has 2 spiro atoms. The van der Waals surface area contributed by atoms with Gasteiger partial charge in [0.2, 0.25) is 5.91 Å². The molecular weight excluding hydrogens is 502 g/mol. The highest BCUT2D eigenvalue weighted by molar-refractivity contribution is 6.35. The third-order valence-corrected chi connectivity index (χ3v) is 9.13. The highest BCUT2D eigenvalue weighted by Crippen LogP contribution is 2.68. The summed E-state index contributed by atoms with van der Waals surface area (Å²) >= 11 is 6.60. The predicted octanol–water partition coefficient (Wildman–Crippen LogP) is 4.75. The van der Waals surface area contributed by atoms with Crippen molar-refractivity contribution in [1.82, 2.24) is 4.90 Å². The van der Waals surface area contributed by atoms with E-state index in [1.165, 1.54) is 0 Å². The molecule has 3 aromatic rings. The molecule has 2 fully saturated rings. The second-order valence-electron chi connectivity index (χ2n) is 10.3. The number of halogens is 1. The molecule has 7 nitrogen and oxygen atoms in total. The van der Waals surface area contributed by atoms with Crippen molar-refractivity contribution in [3.8, 4) is 5.75 Å². The van der Waals surface area contributed by atoms with Crippen molar-refractivity contribution in [1.29, 1.82) is 0 Å². The van der Waals surface area contributed by atoms with Crippen LogP contribution in [0.5, 0.6) is 5.75 Å². The molecule has 0 bridgehead atoms. The summed E-state index contributed by atoms with van der Waals surface area (Å²) in [7, 11) is 0. The van der Waals surface area contributed by atoms with Crippen molar-refractivity contribution in [2.45, 2.75) is 36.8 Å². The number of para-hydroxylation sites is 3. The maximum Gasteiger partial charge on any atom is 0.251 e. The zero-order valence-corrected chi connectivity index (χ0v) is 21.5. The van der Waals surface area contributed by atoms with Gasteiger partial charge >= 0.3 is 0 Å². The van der Waals surface area contributed by atoms with Crippen LogP contribution >= 0.6 is 11.6 Å². The van der Waals surface area contributed by atoms with E-state index in [-0.39, 0.29) is 23.6 Å². The van der Waals surface area contributed by atoms with Gasteiger partial charge < -0.3 is 15.4 Å². The number of nitrogens with zero attached hydrogens (tertiary/aromatic N) is 1. The van der Waals surface area contributed by atoms with Crippen LogP contribution in [0.2, 0.25) is 5.02 Å². The first-order valence-corrected chi connectivity index (χ1v) is 13.4. The lowest BCUT2D eigenvalue weighted by Crippen LogP contribution is -2.62.